The summed E-state index contributed by atoms with van der Waals surface area (Å²) in [6.45, 7) is 4.07. The molecule has 0 spiro atoms. The fourth-order valence-corrected chi connectivity index (χ4v) is 3.06. The summed E-state index contributed by atoms with van der Waals surface area (Å²) < 4.78 is 26.6. The van der Waals surface area contributed by atoms with Gasteiger partial charge < -0.3 is 5.73 Å². The van der Waals surface area contributed by atoms with E-state index >= 15 is 0 Å². The predicted molar refractivity (Wildman–Crippen MR) is 78.8 cm³/mol. The van der Waals surface area contributed by atoms with Gasteiger partial charge in [0.2, 0.25) is 10.0 Å². The first-order valence-corrected chi connectivity index (χ1v) is 8.51. The molecule has 3 N–H and O–H groups in total. The van der Waals surface area contributed by atoms with Gasteiger partial charge in [0.25, 0.3) is 0 Å². The van der Waals surface area contributed by atoms with Crippen molar-refractivity contribution < 1.29 is 8.42 Å². The fraction of sp³-hybridized carbons (Fsp3) is 0.455. The van der Waals surface area contributed by atoms with E-state index in [4.69, 9.17) is 17.3 Å². The molecule has 1 aromatic rings. The van der Waals surface area contributed by atoms with E-state index < -0.39 is 10.0 Å². The van der Waals surface area contributed by atoms with Crippen LogP contribution in [0.2, 0.25) is 5.02 Å². The molecule has 18 heavy (non-hydrogen) atoms. The summed E-state index contributed by atoms with van der Waals surface area (Å²) in [5, 5.41) is 0.561. The molecule has 0 aliphatic carbocycles. The summed E-state index contributed by atoms with van der Waals surface area (Å²) in [6.07, 6.45) is 1.93. The average molecular weight is 309 g/mol. The SMILES string of the molecule is CSC(C)CNS(=O)(=O)c1cc(N)c(C)c(Cl)c1. The second kappa shape index (κ2) is 6.14. The van der Waals surface area contributed by atoms with Crippen molar-refractivity contribution in [2.75, 3.05) is 18.5 Å². The maximum Gasteiger partial charge on any atom is 0.240 e. The zero-order valence-electron chi connectivity index (χ0n) is 10.5. The van der Waals surface area contributed by atoms with Crippen LogP contribution in [0.3, 0.4) is 0 Å². The van der Waals surface area contributed by atoms with E-state index in [9.17, 15) is 8.42 Å². The molecule has 0 aliphatic rings. The zero-order valence-corrected chi connectivity index (χ0v) is 12.9. The molecule has 0 radical (unpaired) electrons. The van der Waals surface area contributed by atoms with Gasteiger partial charge >= 0.3 is 0 Å². The van der Waals surface area contributed by atoms with Crippen molar-refractivity contribution in [3.05, 3.63) is 22.7 Å². The highest BCUT2D eigenvalue weighted by molar-refractivity contribution is 7.99. The van der Waals surface area contributed by atoms with Gasteiger partial charge in [-0.25, -0.2) is 13.1 Å². The number of rotatable bonds is 5. The van der Waals surface area contributed by atoms with Gasteiger partial charge in [0.1, 0.15) is 0 Å². The Balaban J connectivity index is 2.99. The molecule has 0 aromatic heterocycles. The maximum atomic E-state index is 12.0. The molecule has 1 unspecified atom stereocenters. The lowest BCUT2D eigenvalue weighted by atomic mass is 10.2. The Bertz CT molecular complexity index is 509. The molecule has 0 amide bonds. The third-order valence-corrected chi connectivity index (χ3v) is 5.40. The predicted octanol–water partition coefficient (Wildman–Crippen LogP) is 2.26. The van der Waals surface area contributed by atoms with Crippen molar-refractivity contribution in [3.8, 4) is 0 Å². The van der Waals surface area contributed by atoms with E-state index in [0.29, 0.717) is 22.8 Å². The van der Waals surface area contributed by atoms with E-state index in [-0.39, 0.29) is 10.1 Å². The first-order chi connectivity index (χ1) is 8.27. The minimum Gasteiger partial charge on any atom is -0.398 e. The molecule has 0 heterocycles. The zero-order chi connectivity index (χ0) is 13.9. The van der Waals surface area contributed by atoms with Gasteiger partial charge in [0.15, 0.2) is 0 Å². The normalized spacial score (nSPS) is 13.6. The number of benzene rings is 1. The Morgan fingerprint density at radius 2 is 2.11 bits per heavy atom. The Hall–Kier alpha value is -0.430. The number of hydrogen-bond donors (Lipinski definition) is 2. The number of nitrogens with one attached hydrogen (secondary N) is 1. The van der Waals surface area contributed by atoms with Gasteiger partial charge in [-0.3, -0.25) is 0 Å². The van der Waals surface area contributed by atoms with Crippen molar-refractivity contribution in [2.45, 2.75) is 24.0 Å². The molecular weight excluding hydrogens is 292 g/mol. The lowest BCUT2D eigenvalue weighted by Crippen LogP contribution is -2.29. The van der Waals surface area contributed by atoms with Crippen LogP contribution < -0.4 is 10.5 Å². The number of halogens is 1. The molecule has 0 saturated heterocycles. The molecule has 0 bridgehead atoms. The van der Waals surface area contributed by atoms with Crippen molar-refractivity contribution in [2.24, 2.45) is 0 Å². The van der Waals surface area contributed by atoms with E-state index in [2.05, 4.69) is 4.72 Å². The number of nitrogens with two attached hydrogens (primary N) is 1. The number of nitrogen functional groups attached to an aromatic ring is 1. The van der Waals surface area contributed by atoms with Crippen LogP contribution in [0.25, 0.3) is 0 Å². The van der Waals surface area contributed by atoms with Crippen molar-refractivity contribution in [3.63, 3.8) is 0 Å². The fourth-order valence-electron chi connectivity index (χ4n) is 1.22. The molecule has 4 nitrogen and oxygen atoms in total. The molecule has 0 aliphatic heterocycles. The number of thioether (sulfide) groups is 1. The van der Waals surface area contributed by atoms with Crippen LogP contribution in [-0.2, 0) is 10.0 Å². The van der Waals surface area contributed by atoms with Crippen LogP contribution in [0, 0.1) is 6.92 Å². The van der Waals surface area contributed by atoms with Crippen LogP contribution in [0.4, 0.5) is 5.69 Å². The van der Waals surface area contributed by atoms with Gasteiger partial charge in [0, 0.05) is 22.5 Å². The van der Waals surface area contributed by atoms with Crippen LogP contribution in [0.15, 0.2) is 17.0 Å². The van der Waals surface area contributed by atoms with Crippen LogP contribution in [0.5, 0.6) is 0 Å². The highest BCUT2D eigenvalue weighted by Gasteiger charge is 2.17. The molecule has 0 saturated carbocycles. The van der Waals surface area contributed by atoms with Gasteiger partial charge in [0.05, 0.1) is 4.90 Å². The summed E-state index contributed by atoms with van der Waals surface area (Å²) in [6, 6.07) is 2.84. The van der Waals surface area contributed by atoms with Crippen molar-refractivity contribution in [1.82, 2.24) is 4.72 Å². The Morgan fingerprint density at radius 3 is 2.61 bits per heavy atom. The standard InChI is InChI=1S/C11H17ClN2O2S2/c1-7(17-3)6-14-18(15,16)9-4-10(12)8(2)11(13)5-9/h4-5,7,14H,6,13H2,1-3H3. The summed E-state index contributed by atoms with van der Waals surface area (Å²) in [5.41, 5.74) is 6.78. The first-order valence-electron chi connectivity index (χ1n) is 5.36. The molecule has 7 heteroatoms. The van der Waals surface area contributed by atoms with E-state index in [1.54, 1.807) is 18.7 Å². The van der Waals surface area contributed by atoms with Crippen molar-refractivity contribution in [1.29, 1.82) is 0 Å². The quantitative estimate of drug-likeness (QED) is 0.818. The summed E-state index contributed by atoms with van der Waals surface area (Å²) in [5.74, 6) is 0. The van der Waals surface area contributed by atoms with E-state index in [0.717, 1.165) is 0 Å². The number of sulfonamides is 1. The number of hydrogen-bond acceptors (Lipinski definition) is 4. The Kier molecular flexibility index (Phi) is 5.33. The summed E-state index contributed by atoms with van der Waals surface area (Å²) in [7, 11) is -3.55. The lowest BCUT2D eigenvalue weighted by Gasteiger charge is -2.12. The Morgan fingerprint density at radius 1 is 1.50 bits per heavy atom. The van der Waals surface area contributed by atoms with Crippen LogP contribution >= 0.6 is 23.4 Å². The third kappa shape index (κ3) is 3.78. The molecule has 1 rings (SSSR count). The van der Waals surface area contributed by atoms with Gasteiger partial charge in [-0.05, 0) is 30.9 Å². The van der Waals surface area contributed by atoms with Gasteiger partial charge in [-0.1, -0.05) is 18.5 Å². The maximum absolute atomic E-state index is 12.0. The van der Waals surface area contributed by atoms with Gasteiger partial charge in [-0.15, -0.1) is 0 Å². The highest BCUT2D eigenvalue weighted by Crippen LogP contribution is 2.25. The average Bonchev–Trinajstić information content (AvgIpc) is 2.32. The third-order valence-electron chi connectivity index (χ3n) is 2.63. The largest absolute Gasteiger partial charge is 0.398 e. The van der Waals surface area contributed by atoms with E-state index in [1.165, 1.54) is 12.1 Å². The molecule has 1 aromatic carbocycles. The Labute approximate surface area is 117 Å². The van der Waals surface area contributed by atoms with Crippen LogP contribution in [-0.4, -0.2) is 26.5 Å². The smallest absolute Gasteiger partial charge is 0.240 e. The van der Waals surface area contributed by atoms with E-state index in [1.807, 2.05) is 13.2 Å². The molecule has 0 fully saturated rings. The molecule has 102 valence electrons. The molecule has 1 atom stereocenters. The number of anilines is 1. The van der Waals surface area contributed by atoms with Crippen LogP contribution in [0.1, 0.15) is 12.5 Å². The monoisotopic (exact) mass is 308 g/mol. The molecular formula is C11H17ClN2O2S2. The summed E-state index contributed by atoms with van der Waals surface area (Å²) >= 11 is 7.53. The van der Waals surface area contributed by atoms with Gasteiger partial charge in [-0.2, -0.15) is 11.8 Å². The highest BCUT2D eigenvalue weighted by atomic mass is 35.5. The lowest BCUT2D eigenvalue weighted by molar-refractivity contribution is 0.581. The minimum atomic E-state index is -3.55. The second-order valence-electron chi connectivity index (χ2n) is 4.02. The topological polar surface area (TPSA) is 72.2 Å². The van der Waals surface area contributed by atoms with Crippen molar-refractivity contribution >= 4 is 39.1 Å². The minimum absolute atomic E-state index is 0.101. The first kappa shape index (κ1) is 15.6. The summed E-state index contributed by atoms with van der Waals surface area (Å²) in [4.78, 5) is 0.101. The second-order valence-corrected chi connectivity index (χ2v) is 7.47.